The van der Waals surface area contributed by atoms with Crippen LogP contribution in [0.2, 0.25) is 0 Å². The van der Waals surface area contributed by atoms with Gasteiger partial charge in [-0.15, -0.1) is 11.3 Å². The molecular weight excluding hydrogens is 320 g/mol. The third kappa shape index (κ3) is 4.93. The first kappa shape index (κ1) is 17.7. The highest BCUT2D eigenvalue weighted by molar-refractivity contribution is 7.13. The highest BCUT2D eigenvalue weighted by Crippen LogP contribution is 2.24. The van der Waals surface area contributed by atoms with Gasteiger partial charge in [-0.1, -0.05) is 6.92 Å². The van der Waals surface area contributed by atoms with E-state index < -0.39 is 0 Å². The number of hydrogen-bond donors (Lipinski definition) is 2. The molecule has 2 atom stereocenters. The lowest BCUT2D eigenvalue weighted by molar-refractivity contribution is -0.122. The SMILES string of the molecule is CC(CC(=O)NCCc1csc(N2CCCC2)n1)C1CCCNC1. The molecule has 1 aromatic rings. The summed E-state index contributed by atoms with van der Waals surface area (Å²) in [5.41, 5.74) is 1.10. The molecule has 0 saturated carbocycles. The quantitative estimate of drug-likeness (QED) is 0.793. The lowest BCUT2D eigenvalue weighted by Crippen LogP contribution is -2.36. The van der Waals surface area contributed by atoms with Crippen LogP contribution >= 0.6 is 11.3 Å². The summed E-state index contributed by atoms with van der Waals surface area (Å²) < 4.78 is 0. The van der Waals surface area contributed by atoms with Crippen molar-refractivity contribution in [1.82, 2.24) is 15.6 Å². The minimum absolute atomic E-state index is 0.183. The first-order chi connectivity index (χ1) is 11.7. The summed E-state index contributed by atoms with van der Waals surface area (Å²) in [6.07, 6.45) is 6.51. The fraction of sp³-hybridized carbons (Fsp3) is 0.778. The summed E-state index contributed by atoms with van der Waals surface area (Å²) in [6.45, 7) is 7.36. The Bertz CT molecular complexity index is 521. The van der Waals surface area contributed by atoms with E-state index in [0.717, 1.165) is 43.4 Å². The maximum Gasteiger partial charge on any atom is 0.220 e. The zero-order valence-electron chi connectivity index (χ0n) is 14.7. The number of nitrogens with one attached hydrogen (secondary N) is 2. The third-order valence-corrected chi connectivity index (χ3v) is 6.22. The van der Waals surface area contributed by atoms with Gasteiger partial charge >= 0.3 is 0 Å². The van der Waals surface area contributed by atoms with Crippen molar-refractivity contribution in [2.24, 2.45) is 11.8 Å². The van der Waals surface area contributed by atoms with Gasteiger partial charge in [-0.25, -0.2) is 4.98 Å². The Morgan fingerprint density at radius 1 is 1.46 bits per heavy atom. The van der Waals surface area contributed by atoms with Gasteiger partial charge in [0.2, 0.25) is 5.91 Å². The van der Waals surface area contributed by atoms with E-state index >= 15 is 0 Å². The van der Waals surface area contributed by atoms with Gasteiger partial charge in [0.15, 0.2) is 5.13 Å². The maximum absolute atomic E-state index is 12.1. The van der Waals surface area contributed by atoms with Crippen molar-refractivity contribution in [3.05, 3.63) is 11.1 Å². The zero-order chi connectivity index (χ0) is 16.8. The molecule has 1 amide bonds. The Labute approximate surface area is 149 Å². The van der Waals surface area contributed by atoms with Crippen LogP contribution in [-0.2, 0) is 11.2 Å². The number of nitrogens with zero attached hydrogens (tertiary/aromatic N) is 2. The number of hydrogen-bond acceptors (Lipinski definition) is 5. The standard InChI is InChI=1S/C18H30N4OS/c1-14(15-5-4-7-19-12-15)11-17(23)20-8-6-16-13-24-18(21-16)22-9-2-3-10-22/h13-15,19H,2-12H2,1H3,(H,20,23). The van der Waals surface area contributed by atoms with Crippen molar-refractivity contribution in [3.63, 3.8) is 0 Å². The maximum atomic E-state index is 12.1. The topological polar surface area (TPSA) is 57.3 Å². The molecule has 2 unspecified atom stereocenters. The molecule has 0 aromatic carbocycles. The van der Waals surface area contributed by atoms with Gasteiger partial charge in [0.05, 0.1) is 5.69 Å². The molecule has 6 heteroatoms. The lowest BCUT2D eigenvalue weighted by Gasteiger charge is -2.28. The summed E-state index contributed by atoms with van der Waals surface area (Å²) in [5.74, 6) is 1.29. The lowest BCUT2D eigenvalue weighted by atomic mass is 9.85. The monoisotopic (exact) mass is 350 g/mol. The van der Waals surface area contributed by atoms with Crippen LogP contribution < -0.4 is 15.5 Å². The second-order valence-electron chi connectivity index (χ2n) is 7.20. The number of carbonyl (C=O) groups excluding carboxylic acids is 1. The molecule has 2 fully saturated rings. The summed E-state index contributed by atoms with van der Waals surface area (Å²) in [7, 11) is 0. The molecule has 134 valence electrons. The Morgan fingerprint density at radius 2 is 2.29 bits per heavy atom. The Morgan fingerprint density at radius 3 is 3.04 bits per heavy atom. The molecular formula is C18H30N4OS. The summed E-state index contributed by atoms with van der Waals surface area (Å²) >= 11 is 1.73. The molecule has 3 rings (SSSR count). The van der Waals surface area contributed by atoms with Gasteiger partial charge in [-0.3, -0.25) is 4.79 Å². The molecule has 3 heterocycles. The summed E-state index contributed by atoms with van der Waals surface area (Å²) in [6, 6.07) is 0. The van der Waals surface area contributed by atoms with Crippen LogP contribution in [0.5, 0.6) is 0 Å². The normalized spacial score (nSPS) is 22.5. The minimum atomic E-state index is 0.183. The van der Waals surface area contributed by atoms with Crippen molar-refractivity contribution in [3.8, 4) is 0 Å². The van der Waals surface area contributed by atoms with Crippen LogP contribution in [0.4, 0.5) is 5.13 Å². The van der Waals surface area contributed by atoms with E-state index in [1.807, 2.05) is 0 Å². The molecule has 2 N–H and O–H groups in total. The van der Waals surface area contributed by atoms with Crippen molar-refractivity contribution < 1.29 is 4.79 Å². The fourth-order valence-corrected chi connectivity index (χ4v) is 4.60. The molecule has 24 heavy (non-hydrogen) atoms. The molecule has 2 aliphatic heterocycles. The highest BCUT2D eigenvalue weighted by Gasteiger charge is 2.22. The smallest absolute Gasteiger partial charge is 0.220 e. The first-order valence-electron chi connectivity index (χ1n) is 9.39. The van der Waals surface area contributed by atoms with Gasteiger partial charge in [-0.2, -0.15) is 0 Å². The van der Waals surface area contributed by atoms with Crippen molar-refractivity contribution in [2.45, 2.75) is 45.4 Å². The van der Waals surface area contributed by atoms with Crippen molar-refractivity contribution in [1.29, 1.82) is 0 Å². The number of aromatic nitrogens is 1. The van der Waals surface area contributed by atoms with Gasteiger partial charge < -0.3 is 15.5 Å². The van der Waals surface area contributed by atoms with Gasteiger partial charge in [0.1, 0.15) is 0 Å². The molecule has 5 nitrogen and oxygen atoms in total. The number of piperidine rings is 1. The average Bonchev–Trinajstić information content (AvgIpc) is 3.27. The van der Waals surface area contributed by atoms with E-state index in [0.29, 0.717) is 24.8 Å². The predicted octanol–water partition coefficient (Wildman–Crippen LogP) is 2.43. The van der Waals surface area contributed by atoms with E-state index in [9.17, 15) is 4.79 Å². The first-order valence-corrected chi connectivity index (χ1v) is 10.3. The Kier molecular flexibility index (Phi) is 6.49. The van der Waals surface area contributed by atoms with Gasteiger partial charge in [0.25, 0.3) is 0 Å². The van der Waals surface area contributed by atoms with Crippen molar-refractivity contribution >= 4 is 22.4 Å². The number of thiazole rings is 1. The van der Waals surface area contributed by atoms with E-state index in [-0.39, 0.29) is 5.91 Å². The van der Waals surface area contributed by atoms with E-state index in [1.165, 1.54) is 25.7 Å². The average molecular weight is 351 g/mol. The largest absolute Gasteiger partial charge is 0.356 e. The van der Waals surface area contributed by atoms with Gasteiger partial charge in [-0.05, 0) is 50.6 Å². The Hall–Kier alpha value is -1.14. The van der Waals surface area contributed by atoms with Gasteiger partial charge in [0, 0.05) is 37.9 Å². The molecule has 0 spiro atoms. The highest BCUT2D eigenvalue weighted by atomic mass is 32.1. The van der Waals surface area contributed by atoms with Crippen LogP contribution in [0.25, 0.3) is 0 Å². The van der Waals surface area contributed by atoms with Crippen LogP contribution in [0.3, 0.4) is 0 Å². The van der Waals surface area contributed by atoms with E-state index in [1.54, 1.807) is 11.3 Å². The molecule has 0 radical (unpaired) electrons. The summed E-state index contributed by atoms with van der Waals surface area (Å²) in [5, 5.41) is 9.79. The second kappa shape index (κ2) is 8.81. The predicted molar refractivity (Wildman–Crippen MR) is 99.6 cm³/mol. The molecule has 2 saturated heterocycles. The fourth-order valence-electron chi connectivity index (χ4n) is 3.69. The number of amides is 1. The van der Waals surface area contributed by atoms with Crippen LogP contribution in [0, 0.1) is 11.8 Å². The summed E-state index contributed by atoms with van der Waals surface area (Å²) in [4.78, 5) is 19.2. The molecule has 2 aliphatic rings. The third-order valence-electron chi connectivity index (χ3n) is 5.27. The number of anilines is 1. The minimum Gasteiger partial charge on any atom is -0.356 e. The zero-order valence-corrected chi connectivity index (χ0v) is 15.5. The number of carbonyl (C=O) groups is 1. The second-order valence-corrected chi connectivity index (χ2v) is 8.04. The van der Waals surface area contributed by atoms with Crippen LogP contribution in [0.15, 0.2) is 5.38 Å². The van der Waals surface area contributed by atoms with Crippen LogP contribution in [0.1, 0.15) is 44.7 Å². The molecule has 0 bridgehead atoms. The van der Waals surface area contributed by atoms with E-state index in [4.69, 9.17) is 4.98 Å². The molecule has 1 aromatic heterocycles. The van der Waals surface area contributed by atoms with E-state index in [2.05, 4.69) is 27.8 Å². The van der Waals surface area contributed by atoms with Crippen molar-refractivity contribution in [2.75, 3.05) is 37.6 Å². The van der Waals surface area contributed by atoms with Crippen LogP contribution in [-0.4, -0.2) is 43.6 Å². The Balaban J connectivity index is 1.35. The molecule has 0 aliphatic carbocycles. The number of rotatable bonds is 7.